The Labute approximate surface area is 462 Å². The highest BCUT2D eigenvalue weighted by atomic mass is 32.1. The minimum atomic E-state index is -4.80. The molecule has 22 heteroatoms. The van der Waals surface area contributed by atoms with Gasteiger partial charge in [0.15, 0.2) is 10.9 Å². The van der Waals surface area contributed by atoms with Crippen molar-refractivity contribution in [3.63, 3.8) is 0 Å². The van der Waals surface area contributed by atoms with E-state index < -0.39 is 64.2 Å². The number of rotatable bonds is 29. The predicted molar refractivity (Wildman–Crippen MR) is 291 cm³/mol. The molecule has 2 aliphatic heterocycles. The number of nitrogens with zero attached hydrogens (tertiary/aromatic N) is 5. The van der Waals surface area contributed by atoms with Crippen LogP contribution in [0.4, 0.5) is 24.5 Å². The van der Waals surface area contributed by atoms with Gasteiger partial charge < -0.3 is 48.6 Å². The lowest BCUT2D eigenvalue weighted by atomic mass is 9.85. The average Bonchev–Trinajstić information content (AvgIpc) is 4.20. The molecule has 4 aromatic rings. The van der Waals surface area contributed by atoms with Gasteiger partial charge in [-0.3, -0.25) is 24.1 Å². The van der Waals surface area contributed by atoms with Crippen LogP contribution in [-0.2, 0) is 55.5 Å². The Bertz CT molecular complexity index is 2710. The van der Waals surface area contributed by atoms with E-state index in [9.17, 15) is 42.7 Å². The number of thiocarbonyl (C=S) groups is 1. The lowest BCUT2D eigenvalue weighted by molar-refractivity contribution is -0.144. The number of aliphatic hydroxyl groups is 1. The number of hydrogen-bond acceptors (Lipinski definition) is 15. The summed E-state index contributed by atoms with van der Waals surface area (Å²) in [6.07, 6.45) is -3.22. The van der Waals surface area contributed by atoms with Gasteiger partial charge in [0.1, 0.15) is 30.5 Å². The first-order valence-corrected chi connectivity index (χ1v) is 27.1. The second kappa shape index (κ2) is 28.3. The molecule has 78 heavy (non-hydrogen) atoms. The molecule has 0 bridgehead atoms. The van der Waals surface area contributed by atoms with Crippen LogP contribution in [0.1, 0.15) is 82.7 Å². The second-order valence-electron chi connectivity index (χ2n) is 20.4. The molecule has 3 amide bonds. The van der Waals surface area contributed by atoms with Gasteiger partial charge in [-0.1, -0.05) is 45.0 Å². The molecule has 2 N–H and O–H groups in total. The Hall–Kier alpha value is -5.90. The molecule has 2 aliphatic rings. The molecular formula is C56H69F3N6O11S2. The van der Waals surface area contributed by atoms with E-state index in [-0.39, 0.29) is 62.4 Å². The highest BCUT2D eigenvalue weighted by Crippen LogP contribution is 2.40. The number of Topliss-reactive ketones (excluding diaryl/α,β-unsaturated/α-hetero) is 1. The summed E-state index contributed by atoms with van der Waals surface area (Å²) in [6, 6.07) is 17.7. The minimum absolute atomic E-state index is 0.00552. The van der Waals surface area contributed by atoms with E-state index in [1.165, 1.54) is 11.0 Å². The Balaban J connectivity index is 0.763. The fourth-order valence-electron chi connectivity index (χ4n) is 8.92. The number of hydrogen-bond donors (Lipinski definition) is 2. The third-order valence-corrected chi connectivity index (χ3v) is 14.4. The number of ether oxygens (including phenoxy) is 6. The first kappa shape index (κ1) is 61.3. The maximum atomic E-state index is 14.0. The van der Waals surface area contributed by atoms with Crippen LogP contribution in [0.15, 0.2) is 72.2 Å². The van der Waals surface area contributed by atoms with E-state index in [0.717, 1.165) is 51.6 Å². The van der Waals surface area contributed by atoms with E-state index in [4.69, 9.17) is 40.6 Å². The number of benzene rings is 3. The van der Waals surface area contributed by atoms with Crippen LogP contribution in [0, 0.1) is 23.7 Å². The van der Waals surface area contributed by atoms with Crippen molar-refractivity contribution < 1.29 is 65.9 Å². The van der Waals surface area contributed by atoms with Crippen LogP contribution >= 0.6 is 23.6 Å². The summed E-state index contributed by atoms with van der Waals surface area (Å²) < 4.78 is 74.9. The number of thiazole rings is 1. The van der Waals surface area contributed by atoms with Gasteiger partial charge in [0, 0.05) is 38.3 Å². The van der Waals surface area contributed by atoms with E-state index in [0.29, 0.717) is 64.1 Å². The molecule has 422 valence electrons. The van der Waals surface area contributed by atoms with Crippen molar-refractivity contribution in [3.8, 4) is 22.3 Å². The number of β-amino-alcohol motifs (C(OH)–C–C–N with tert-alkyl or cyclic N) is 1. The van der Waals surface area contributed by atoms with Gasteiger partial charge in [0.05, 0.1) is 97.4 Å². The van der Waals surface area contributed by atoms with Crippen molar-refractivity contribution in [2.75, 3.05) is 89.0 Å². The fraction of sp³-hybridized carbons (Fsp3) is 0.518. The summed E-state index contributed by atoms with van der Waals surface area (Å²) in [7, 11) is 0. The van der Waals surface area contributed by atoms with Crippen molar-refractivity contribution in [2.24, 2.45) is 5.41 Å². The Morgan fingerprint density at radius 1 is 0.872 bits per heavy atom. The molecule has 0 aliphatic carbocycles. The number of aryl methyl sites for hydroxylation is 2. The van der Waals surface area contributed by atoms with Crippen molar-refractivity contribution in [3.05, 3.63) is 94.6 Å². The Morgan fingerprint density at radius 2 is 1.46 bits per heavy atom. The van der Waals surface area contributed by atoms with Crippen LogP contribution in [-0.4, -0.2) is 147 Å². The highest BCUT2D eigenvalue weighted by Gasteiger charge is 2.51. The monoisotopic (exact) mass is 1120 g/mol. The lowest BCUT2D eigenvalue weighted by Crippen LogP contribution is -2.57. The molecule has 3 aromatic carbocycles. The number of aliphatic hydroxyl groups excluding tert-OH is 1. The maximum Gasteiger partial charge on any atom is 0.417 e. The van der Waals surface area contributed by atoms with Crippen molar-refractivity contribution in [2.45, 2.75) is 104 Å². The largest absolute Gasteiger partial charge is 0.491 e. The third kappa shape index (κ3) is 16.6. The normalized spacial score (nSPS) is 16.9. The summed E-state index contributed by atoms with van der Waals surface area (Å²) >= 11 is 7.19. The molecule has 6 rings (SSSR count). The molecule has 3 atom stereocenters. The van der Waals surface area contributed by atoms with Gasteiger partial charge in [-0.05, 0) is 111 Å². The van der Waals surface area contributed by atoms with Gasteiger partial charge in [-0.15, -0.1) is 11.3 Å². The first-order valence-electron chi connectivity index (χ1n) is 25.8. The number of halogens is 3. The third-order valence-electron chi connectivity index (χ3n) is 13.1. The van der Waals surface area contributed by atoms with Crippen LogP contribution < -0.4 is 19.9 Å². The van der Waals surface area contributed by atoms with Crippen LogP contribution in [0.2, 0.25) is 0 Å². The van der Waals surface area contributed by atoms with Crippen molar-refractivity contribution >= 4 is 63.5 Å². The van der Waals surface area contributed by atoms with Gasteiger partial charge in [0.2, 0.25) is 11.8 Å². The Kier molecular flexibility index (Phi) is 22.3. The summed E-state index contributed by atoms with van der Waals surface area (Å²) in [5.41, 5.74) is 1.67. The number of likely N-dealkylation sites (tertiary alicyclic amines) is 1. The smallest absolute Gasteiger partial charge is 0.417 e. The summed E-state index contributed by atoms with van der Waals surface area (Å²) in [5.74, 6) is -1.02. The number of carbonyl (C=O) groups excluding carboxylic acids is 4. The molecule has 1 unspecified atom stereocenters. The number of nitriles is 1. The maximum absolute atomic E-state index is 14.0. The van der Waals surface area contributed by atoms with E-state index in [1.54, 1.807) is 60.4 Å². The number of aromatic nitrogens is 1. The molecule has 2 fully saturated rings. The minimum Gasteiger partial charge on any atom is -0.491 e. The zero-order valence-electron chi connectivity index (χ0n) is 44.9. The molecule has 0 spiro atoms. The summed E-state index contributed by atoms with van der Waals surface area (Å²) in [5, 5.41) is 22.6. The number of alkyl halides is 3. The number of amides is 3. The molecule has 1 aromatic heterocycles. The van der Waals surface area contributed by atoms with Gasteiger partial charge in [-0.25, -0.2) is 4.98 Å². The van der Waals surface area contributed by atoms with Crippen LogP contribution in [0.3, 0.4) is 0 Å². The zero-order valence-corrected chi connectivity index (χ0v) is 46.5. The fourth-order valence-corrected chi connectivity index (χ4v) is 10.3. The van der Waals surface area contributed by atoms with Crippen molar-refractivity contribution in [1.82, 2.24) is 15.2 Å². The topological polar surface area (TPSA) is 202 Å². The molecule has 0 radical (unpaired) electrons. The standard InChI is InChI=1S/C56H69F3N6O11S2/c1-37-49(78-36-61-37)39-12-9-38(10-13-39)11-20-47(67)46-32-43(66)34-63(46)51(69)50(54(2,3)4)62-48(68)35-75-28-27-73-25-23-71-21-7-8-22-72-24-26-74-29-30-76-44-18-16-41(17-19-44)65-53(77)64(52(70)55(65,5)6)42-15-14-40(33-60)45(31-42)56(57,58)59/h9-10,12-19,31,36,43,46,50,66H,7-8,11,20-30,32,34-35H2,1-6H3,(H,62,68)/t43?,46-,50+/m0/s1. The molecule has 3 heterocycles. The van der Waals surface area contributed by atoms with Crippen LogP contribution in [0.5, 0.6) is 5.75 Å². The van der Waals surface area contributed by atoms with Crippen LogP contribution in [0.25, 0.3) is 10.4 Å². The number of anilines is 2. The van der Waals surface area contributed by atoms with Gasteiger partial charge in [-0.2, -0.15) is 18.4 Å². The predicted octanol–water partition coefficient (Wildman–Crippen LogP) is 7.86. The molecule has 17 nitrogen and oxygen atoms in total. The number of unbranched alkanes of at least 4 members (excludes halogenated alkanes) is 1. The second-order valence-corrected chi connectivity index (χ2v) is 21.6. The number of ketones is 1. The number of nitrogens with one attached hydrogen (secondary N) is 1. The average molecular weight is 1120 g/mol. The summed E-state index contributed by atoms with van der Waals surface area (Å²) in [6.45, 7) is 14.0. The van der Waals surface area contributed by atoms with Gasteiger partial charge >= 0.3 is 6.18 Å². The number of carbonyl (C=O) groups is 4. The SMILES string of the molecule is Cc1ncsc1-c1ccc(CCC(=O)[C@@H]2CC(O)CN2C(=O)[C@@H](NC(=O)COCCOCCOCCCCOCCOCCOc2ccc(N3C(=S)N(c4ccc(C#N)c(C(F)(F)F)c4)C(=O)C3(C)C)cc2)C(C)(C)C)cc1. The van der Waals surface area contributed by atoms with Crippen molar-refractivity contribution in [1.29, 1.82) is 5.26 Å². The molecule has 0 saturated carbocycles. The zero-order chi connectivity index (χ0) is 56.6. The van der Waals surface area contributed by atoms with E-state index >= 15 is 0 Å². The highest BCUT2D eigenvalue weighted by molar-refractivity contribution is 7.81. The quantitative estimate of drug-likeness (QED) is 0.0393. The summed E-state index contributed by atoms with van der Waals surface area (Å²) in [4.78, 5) is 63.4. The lowest BCUT2D eigenvalue weighted by Gasteiger charge is -2.35. The Morgan fingerprint density at radius 3 is 2.04 bits per heavy atom. The molecular weight excluding hydrogens is 1050 g/mol. The van der Waals surface area contributed by atoms with E-state index in [2.05, 4.69) is 10.3 Å². The first-order chi connectivity index (χ1) is 37.1. The molecule has 2 saturated heterocycles. The van der Waals surface area contributed by atoms with E-state index in [1.807, 2.05) is 57.5 Å². The van der Waals surface area contributed by atoms with Gasteiger partial charge in [0.25, 0.3) is 5.91 Å².